The van der Waals surface area contributed by atoms with Gasteiger partial charge in [0.25, 0.3) is 5.69 Å². The highest BCUT2D eigenvalue weighted by Crippen LogP contribution is 2.24. The molecule has 1 heterocycles. The Bertz CT molecular complexity index is 1010. The van der Waals surface area contributed by atoms with Crippen LogP contribution < -0.4 is 5.32 Å². The predicted octanol–water partition coefficient (Wildman–Crippen LogP) is 4.35. The number of carbonyl (C=O) groups excluding carboxylic acids is 1. The topological polar surface area (TPSA) is 98.3 Å². The van der Waals surface area contributed by atoms with Crippen molar-refractivity contribution in [3.05, 3.63) is 69.2 Å². The molecule has 0 radical (unpaired) electrons. The Morgan fingerprint density at radius 3 is 2.80 bits per heavy atom. The second-order valence-corrected chi connectivity index (χ2v) is 5.69. The molecule has 126 valence electrons. The van der Waals surface area contributed by atoms with Crippen LogP contribution >= 0.6 is 11.6 Å². The van der Waals surface area contributed by atoms with Crippen molar-refractivity contribution in [2.75, 3.05) is 5.32 Å². The molecule has 8 heteroatoms. The van der Waals surface area contributed by atoms with Gasteiger partial charge in [0, 0.05) is 29.0 Å². The predicted molar refractivity (Wildman–Crippen MR) is 94.5 cm³/mol. The Morgan fingerprint density at radius 2 is 2.12 bits per heavy atom. The van der Waals surface area contributed by atoms with Crippen molar-refractivity contribution in [1.82, 2.24) is 4.98 Å². The maximum Gasteiger partial charge on any atom is 0.269 e. The van der Waals surface area contributed by atoms with Crippen molar-refractivity contribution in [3.63, 3.8) is 0 Å². The summed E-state index contributed by atoms with van der Waals surface area (Å²) in [5.41, 5.74) is 2.55. The Kier molecular flexibility index (Phi) is 4.49. The zero-order valence-corrected chi connectivity index (χ0v) is 13.8. The maximum atomic E-state index is 11.4. The molecule has 7 nitrogen and oxygen atoms in total. The SMILES string of the molecule is Cc1cc([N+](=O)[O-])ccc1N/C=C(\C=O)c1nc2cc(Cl)ccc2o1. The second kappa shape index (κ2) is 6.74. The van der Waals surface area contributed by atoms with Gasteiger partial charge in [-0.25, -0.2) is 4.98 Å². The molecule has 0 saturated carbocycles. The third-order valence-corrected chi connectivity index (χ3v) is 3.76. The number of hydrogen-bond acceptors (Lipinski definition) is 6. The fourth-order valence-electron chi connectivity index (χ4n) is 2.25. The number of fused-ring (bicyclic) bond motifs is 1. The number of hydrogen-bond donors (Lipinski definition) is 1. The summed E-state index contributed by atoms with van der Waals surface area (Å²) in [6.07, 6.45) is 2.05. The normalized spacial score (nSPS) is 11.5. The largest absolute Gasteiger partial charge is 0.436 e. The van der Waals surface area contributed by atoms with E-state index in [1.807, 2.05) is 0 Å². The molecule has 0 aliphatic heterocycles. The number of nitro benzene ring substituents is 1. The van der Waals surface area contributed by atoms with Gasteiger partial charge in [-0.2, -0.15) is 0 Å². The van der Waals surface area contributed by atoms with E-state index in [-0.39, 0.29) is 17.2 Å². The maximum absolute atomic E-state index is 11.4. The highest BCUT2D eigenvalue weighted by molar-refractivity contribution is 6.31. The van der Waals surface area contributed by atoms with E-state index in [0.29, 0.717) is 33.7 Å². The summed E-state index contributed by atoms with van der Waals surface area (Å²) in [5.74, 6) is 0.152. The third-order valence-electron chi connectivity index (χ3n) is 3.53. The van der Waals surface area contributed by atoms with Gasteiger partial charge in [0.05, 0.1) is 10.5 Å². The van der Waals surface area contributed by atoms with Crippen molar-refractivity contribution < 1.29 is 14.1 Å². The first-order valence-electron chi connectivity index (χ1n) is 7.21. The lowest BCUT2D eigenvalue weighted by atomic mass is 10.2. The Hall–Kier alpha value is -3.19. The van der Waals surface area contributed by atoms with Crippen LogP contribution in [0.3, 0.4) is 0 Å². The standard InChI is InChI=1S/C17H12ClN3O4/c1-10-6-13(21(23)24)3-4-14(10)19-8-11(9-22)17-20-15-7-12(18)2-5-16(15)25-17/h2-9,19H,1H3/b11-8+. The van der Waals surface area contributed by atoms with Crippen LogP contribution in [-0.2, 0) is 4.79 Å². The van der Waals surface area contributed by atoms with Crippen molar-refractivity contribution in [3.8, 4) is 0 Å². The van der Waals surface area contributed by atoms with Gasteiger partial charge in [0.2, 0.25) is 5.89 Å². The van der Waals surface area contributed by atoms with Crippen LogP contribution in [0, 0.1) is 17.0 Å². The number of oxazole rings is 1. The summed E-state index contributed by atoms with van der Waals surface area (Å²) in [7, 11) is 0. The molecule has 0 aliphatic rings. The average Bonchev–Trinajstić information content (AvgIpc) is 2.99. The van der Waals surface area contributed by atoms with Crippen LogP contribution in [0.2, 0.25) is 5.02 Å². The molecule has 0 fully saturated rings. The molecule has 0 bridgehead atoms. The number of nitrogens with one attached hydrogen (secondary N) is 1. The van der Waals surface area contributed by atoms with Crippen molar-refractivity contribution in [2.24, 2.45) is 0 Å². The second-order valence-electron chi connectivity index (χ2n) is 5.25. The van der Waals surface area contributed by atoms with E-state index < -0.39 is 4.92 Å². The van der Waals surface area contributed by atoms with E-state index in [1.165, 1.54) is 18.3 Å². The molecule has 0 aliphatic carbocycles. The van der Waals surface area contributed by atoms with E-state index in [0.717, 1.165) is 0 Å². The summed E-state index contributed by atoms with van der Waals surface area (Å²) in [6, 6.07) is 9.37. The number of anilines is 1. The van der Waals surface area contributed by atoms with E-state index in [2.05, 4.69) is 10.3 Å². The summed E-state index contributed by atoms with van der Waals surface area (Å²) in [4.78, 5) is 25.9. The summed E-state index contributed by atoms with van der Waals surface area (Å²) in [6.45, 7) is 1.73. The van der Waals surface area contributed by atoms with Crippen molar-refractivity contribution >= 4 is 45.9 Å². The van der Waals surface area contributed by atoms with Gasteiger partial charge in [0.1, 0.15) is 5.52 Å². The van der Waals surface area contributed by atoms with Crippen molar-refractivity contribution in [1.29, 1.82) is 0 Å². The van der Waals surface area contributed by atoms with E-state index in [1.54, 1.807) is 31.2 Å². The summed E-state index contributed by atoms with van der Waals surface area (Å²) >= 11 is 5.91. The molecule has 25 heavy (non-hydrogen) atoms. The van der Waals surface area contributed by atoms with Gasteiger partial charge >= 0.3 is 0 Å². The number of aromatic nitrogens is 1. The highest BCUT2D eigenvalue weighted by Gasteiger charge is 2.12. The van der Waals surface area contributed by atoms with Crippen LogP contribution in [0.25, 0.3) is 16.7 Å². The van der Waals surface area contributed by atoms with Crippen molar-refractivity contribution in [2.45, 2.75) is 6.92 Å². The molecule has 3 aromatic rings. The third kappa shape index (κ3) is 3.51. The first-order chi connectivity index (χ1) is 12.0. The van der Waals surface area contributed by atoms with Crippen LogP contribution in [-0.4, -0.2) is 16.2 Å². The van der Waals surface area contributed by atoms with Gasteiger partial charge < -0.3 is 9.73 Å². The lowest BCUT2D eigenvalue weighted by molar-refractivity contribution is -0.384. The number of aldehydes is 1. The molecule has 0 unspecified atom stereocenters. The quantitative estimate of drug-likeness (QED) is 0.315. The molecular weight excluding hydrogens is 346 g/mol. The zero-order chi connectivity index (χ0) is 18.0. The number of halogens is 1. The van der Waals surface area contributed by atoms with Crippen LogP contribution in [0.15, 0.2) is 47.0 Å². The number of aryl methyl sites for hydroxylation is 1. The van der Waals surface area contributed by atoms with Crippen LogP contribution in [0.4, 0.5) is 11.4 Å². The minimum atomic E-state index is -0.465. The molecule has 0 amide bonds. The van der Waals surface area contributed by atoms with Gasteiger partial charge in [-0.05, 0) is 36.8 Å². The molecule has 0 spiro atoms. The lowest BCUT2D eigenvalue weighted by Gasteiger charge is -2.05. The Morgan fingerprint density at radius 1 is 1.32 bits per heavy atom. The zero-order valence-electron chi connectivity index (χ0n) is 13.0. The number of allylic oxidation sites excluding steroid dienone is 1. The number of carbonyl (C=O) groups is 1. The fourth-order valence-corrected chi connectivity index (χ4v) is 2.42. The summed E-state index contributed by atoms with van der Waals surface area (Å²) in [5, 5.41) is 14.2. The number of rotatable bonds is 5. The number of benzene rings is 2. The first kappa shape index (κ1) is 16.7. The molecule has 1 N–H and O–H groups in total. The van der Waals surface area contributed by atoms with Gasteiger partial charge in [-0.15, -0.1) is 0 Å². The molecule has 0 atom stereocenters. The number of nitro groups is 1. The van der Waals surface area contributed by atoms with E-state index >= 15 is 0 Å². The van der Waals surface area contributed by atoms with Gasteiger partial charge in [-0.1, -0.05) is 11.6 Å². The lowest BCUT2D eigenvalue weighted by Crippen LogP contribution is -1.96. The molecule has 3 rings (SSSR count). The molecular formula is C17H12ClN3O4. The molecule has 2 aromatic carbocycles. The highest BCUT2D eigenvalue weighted by atomic mass is 35.5. The minimum Gasteiger partial charge on any atom is -0.436 e. The number of non-ortho nitro benzene ring substituents is 1. The van der Waals surface area contributed by atoms with Crippen LogP contribution in [0.1, 0.15) is 11.5 Å². The summed E-state index contributed by atoms with van der Waals surface area (Å²) < 4.78 is 5.55. The number of nitrogens with zero attached hydrogens (tertiary/aromatic N) is 2. The van der Waals surface area contributed by atoms with E-state index in [4.69, 9.17) is 16.0 Å². The smallest absolute Gasteiger partial charge is 0.269 e. The average molecular weight is 358 g/mol. The van der Waals surface area contributed by atoms with Gasteiger partial charge in [-0.3, -0.25) is 14.9 Å². The molecule has 1 aromatic heterocycles. The minimum absolute atomic E-state index is 0.00142. The molecule has 0 saturated heterocycles. The fraction of sp³-hybridized carbons (Fsp3) is 0.0588. The Labute approximate surface area is 147 Å². The van der Waals surface area contributed by atoms with Crippen LogP contribution in [0.5, 0.6) is 0 Å². The first-order valence-corrected chi connectivity index (χ1v) is 7.59. The Balaban J connectivity index is 1.89. The van der Waals surface area contributed by atoms with Gasteiger partial charge in [0.15, 0.2) is 11.9 Å². The van der Waals surface area contributed by atoms with E-state index in [9.17, 15) is 14.9 Å². The monoisotopic (exact) mass is 357 g/mol.